The fraction of sp³-hybridized carbons (Fsp3) is 0.593. The number of rotatable bonds is 6. The van der Waals surface area contributed by atoms with Gasteiger partial charge in [0.15, 0.2) is 29.8 Å². The lowest BCUT2D eigenvalue weighted by Crippen LogP contribution is -2.46. The van der Waals surface area contributed by atoms with Crippen molar-refractivity contribution < 1.29 is 43.2 Å². The van der Waals surface area contributed by atoms with Crippen LogP contribution in [0.25, 0.3) is 0 Å². The molecule has 0 radical (unpaired) electrons. The zero-order valence-corrected chi connectivity index (χ0v) is 21.2. The lowest BCUT2D eigenvalue weighted by atomic mass is 9.71. The minimum Gasteiger partial charge on any atom is -0.493 e. The maximum Gasteiger partial charge on any atom is 0.352 e. The van der Waals surface area contributed by atoms with Crippen molar-refractivity contribution in [2.45, 2.75) is 89.6 Å². The lowest BCUT2D eigenvalue weighted by molar-refractivity contribution is -0.175. The van der Waals surface area contributed by atoms with Crippen molar-refractivity contribution in [3.8, 4) is 11.5 Å². The Morgan fingerprint density at radius 3 is 2.58 bits per heavy atom. The molecule has 0 amide bonds. The zero-order valence-electron chi connectivity index (χ0n) is 21.2. The molecule has 0 spiro atoms. The minimum absolute atomic E-state index is 0.0399. The first-order valence-electron chi connectivity index (χ1n) is 12.5. The molecule has 5 atom stereocenters. The molecule has 0 saturated carbocycles. The Kier molecular flexibility index (Phi) is 7.59. The first-order valence-corrected chi connectivity index (χ1v) is 12.5. The summed E-state index contributed by atoms with van der Waals surface area (Å²) in [6, 6.07) is 3.94. The lowest BCUT2D eigenvalue weighted by Gasteiger charge is -2.41. The number of aliphatic hydroxyl groups is 1. The molecule has 1 aromatic carbocycles. The molecule has 1 aliphatic heterocycles. The van der Waals surface area contributed by atoms with Gasteiger partial charge in [-0.2, -0.15) is 0 Å². The van der Waals surface area contributed by atoms with Crippen LogP contribution >= 0.6 is 0 Å². The van der Waals surface area contributed by atoms with E-state index in [0.717, 1.165) is 43.2 Å². The van der Waals surface area contributed by atoms with Crippen LogP contribution in [0.1, 0.15) is 64.0 Å². The van der Waals surface area contributed by atoms with Gasteiger partial charge in [0.1, 0.15) is 5.76 Å². The van der Waals surface area contributed by atoms with Gasteiger partial charge in [-0.3, -0.25) is 4.79 Å². The van der Waals surface area contributed by atoms with Gasteiger partial charge < -0.3 is 28.8 Å². The van der Waals surface area contributed by atoms with Crippen LogP contribution in [0.2, 0.25) is 0 Å². The van der Waals surface area contributed by atoms with Crippen molar-refractivity contribution in [3.63, 3.8) is 0 Å². The Morgan fingerprint density at radius 1 is 1.11 bits per heavy atom. The Bertz CT molecular complexity index is 1060. The number of carbonyl (C=O) groups is 3. The summed E-state index contributed by atoms with van der Waals surface area (Å²) in [7, 11) is 1.58. The molecule has 0 saturated heterocycles. The summed E-state index contributed by atoms with van der Waals surface area (Å²) >= 11 is 0. The van der Waals surface area contributed by atoms with Crippen molar-refractivity contribution in [1.29, 1.82) is 0 Å². The van der Waals surface area contributed by atoms with E-state index in [4.69, 9.17) is 23.7 Å². The van der Waals surface area contributed by atoms with Gasteiger partial charge >= 0.3 is 17.9 Å². The number of fused-ring (bicyclic) bond motifs is 4. The van der Waals surface area contributed by atoms with Gasteiger partial charge in [-0.1, -0.05) is 12.5 Å². The normalized spacial score (nSPS) is 26.3. The minimum atomic E-state index is -1.24. The first kappa shape index (κ1) is 26.0. The van der Waals surface area contributed by atoms with E-state index >= 15 is 0 Å². The zero-order chi connectivity index (χ0) is 26.0. The summed E-state index contributed by atoms with van der Waals surface area (Å²) in [6.45, 7) is 3.92. The maximum atomic E-state index is 12.8. The number of hydrogen-bond donors (Lipinski definition) is 1. The van der Waals surface area contributed by atoms with Gasteiger partial charge in [0.2, 0.25) is 0 Å². The largest absolute Gasteiger partial charge is 0.493 e. The van der Waals surface area contributed by atoms with Crippen LogP contribution in [0.15, 0.2) is 24.0 Å². The molecule has 3 aliphatic rings. The van der Waals surface area contributed by atoms with E-state index in [2.05, 4.69) is 6.07 Å². The van der Waals surface area contributed by atoms with Crippen LogP contribution in [0, 0.1) is 5.92 Å². The predicted octanol–water partition coefficient (Wildman–Crippen LogP) is 3.18. The molecule has 0 unspecified atom stereocenters. The second-order valence-corrected chi connectivity index (χ2v) is 9.86. The van der Waals surface area contributed by atoms with E-state index < -0.39 is 41.8 Å². The highest BCUT2D eigenvalue weighted by atomic mass is 16.6. The molecule has 6 bridgehead atoms. The third-order valence-corrected chi connectivity index (χ3v) is 7.29. The van der Waals surface area contributed by atoms with Crippen LogP contribution in [-0.2, 0) is 41.4 Å². The molecule has 0 aromatic heterocycles. The molecule has 0 fully saturated rings. The van der Waals surface area contributed by atoms with Gasteiger partial charge in [0.05, 0.1) is 12.7 Å². The van der Waals surface area contributed by atoms with E-state index in [-0.39, 0.29) is 18.1 Å². The fourth-order valence-electron chi connectivity index (χ4n) is 5.33. The summed E-state index contributed by atoms with van der Waals surface area (Å²) in [5.74, 6) is -0.768. The summed E-state index contributed by atoms with van der Waals surface area (Å²) in [5, 5.41) is 11.7. The van der Waals surface area contributed by atoms with Crippen LogP contribution in [0.3, 0.4) is 0 Å². The molecular formula is C27H34O9. The summed E-state index contributed by atoms with van der Waals surface area (Å²) in [5.41, 5.74) is 1.22. The highest BCUT2D eigenvalue weighted by Crippen LogP contribution is 2.47. The van der Waals surface area contributed by atoms with Gasteiger partial charge in [0, 0.05) is 18.9 Å². The Hall–Kier alpha value is -3.07. The SMILES string of the molecule is COc1ccc2c3c1O[C@@H]1C[C@@](O)(CC=C1OC(=O)[C@H](C)OC(=O)[C@H](C)OC(C)=O)[C@H](CCCC3)C2. The van der Waals surface area contributed by atoms with Crippen molar-refractivity contribution in [2.24, 2.45) is 5.92 Å². The van der Waals surface area contributed by atoms with Crippen LogP contribution in [0.4, 0.5) is 0 Å². The number of ether oxygens (including phenoxy) is 5. The summed E-state index contributed by atoms with van der Waals surface area (Å²) < 4.78 is 27.6. The van der Waals surface area contributed by atoms with E-state index in [1.807, 2.05) is 6.07 Å². The van der Waals surface area contributed by atoms with Gasteiger partial charge in [0.25, 0.3) is 0 Å². The molecule has 1 heterocycles. The smallest absolute Gasteiger partial charge is 0.352 e. The Morgan fingerprint density at radius 2 is 1.86 bits per heavy atom. The first-order chi connectivity index (χ1) is 17.1. The molecule has 36 heavy (non-hydrogen) atoms. The molecule has 1 N–H and O–H groups in total. The molecule has 9 nitrogen and oxygen atoms in total. The molecule has 196 valence electrons. The predicted molar refractivity (Wildman–Crippen MR) is 127 cm³/mol. The van der Waals surface area contributed by atoms with E-state index in [1.54, 1.807) is 13.2 Å². The second-order valence-electron chi connectivity index (χ2n) is 9.86. The van der Waals surface area contributed by atoms with Crippen molar-refractivity contribution in [1.82, 2.24) is 0 Å². The third kappa shape index (κ3) is 5.36. The standard InChI is InChI=1S/C27H34O9/c1-15(33-17(3)28)25(29)34-16(2)26(30)36-21-11-12-27(31)14-23(21)35-24-20-8-6-5-7-19(27)13-18(20)9-10-22(24)32-4/h9-11,15-16,19,23,31H,5-8,12-14H2,1-4H3/t15-,16-,19+,23+,27-/m0/s1. The maximum absolute atomic E-state index is 12.8. The van der Waals surface area contributed by atoms with Crippen molar-refractivity contribution in [2.75, 3.05) is 7.11 Å². The summed E-state index contributed by atoms with van der Waals surface area (Å²) in [4.78, 5) is 36.0. The number of hydrogen-bond acceptors (Lipinski definition) is 9. The number of benzene rings is 1. The monoisotopic (exact) mass is 502 g/mol. The Labute approximate surface area is 210 Å². The van der Waals surface area contributed by atoms with E-state index in [0.29, 0.717) is 17.9 Å². The van der Waals surface area contributed by atoms with Crippen LogP contribution in [0.5, 0.6) is 11.5 Å². The number of esters is 3. The van der Waals surface area contributed by atoms with Crippen LogP contribution in [-0.4, -0.2) is 54.0 Å². The van der Waals surface area contributed by atoms with Crippen molar-refractivity contribution in [3.05, 3.63) is 35.1 Å². The van der Waals surface area contributed by atoms with Gasteiger partial charge in [-0.25, -0.2) is 9.59 Å². The molecular weight excluding hydrogens is 468 g/mol. The molecule has 2 aliphatic carbocycles. The molecule has 1 aromatic rings. The Balaban J connectivity index is 1.58. The highest BCUT2D eigenvalue weighted by Gasteiger charge is 2.46. The summed E-state index contributed by atoms with van der Waals surface area (Å²) in [6.07, 6.45) is 3.65. The number of carbonyl (C=O) groups excluding carboxylic acids is 3. The van der Waals surface area contributed by atoms with E-state index in [1.165, 1.54) is 20.8 Å². The molecule has 9 heteroatoms. The third-order valence-electron chi connectivity index (χ3n) is 7.29. The van der Waals surface area contributed by atoms with Gasteiger partial charge in [-0.15, -0.1) is 0 Å². The fourth-order valence-corrected chi connectivity index (χ4v) is 5.33. The second kappa shape index (κ2) is 10.5. The average molecular weight is 503 g/mol. The van der Waals surface area contributed by atoms with Crippen LogP contribution < -0.4 is 9.47 Å². The van der Waals surface area contributed by atoms with Crippen molar-refractivity contribution >= 4 is 17.9 Å². The van der Waals surface area contributed by atoms with E-state index in [9.17, 15) is 19.5 Å². The quantitative estimate of drug-likeness (QED) is 0.462. The van der Waals surface area contributed by atoms with Gasteiger partial charge in [-0.05, 0) is 69.6 Å². The topological polar surface area (TPSA) is 118 Å². The number of methoxy groups -OCH3 is 1. The molecule has 4 rings (SSSR count). The average Bonchev–Trinajstić information content (AvgIpc) is 2.81. The highest BCUT2D eigenvalue weighted by molar-refractivity contribution is 5.82.